The lowest BCUT2D eigenvalue weighted by Crippen LogP contribution is -2.31. The molecular weight excluding hydrogens is 238 g/mol. The van der Waals surface area contributed by atoms with Gasteiger partial charge in [-0.2, -0.15) is 0 Å². The van der Waals surface area contributed by atoms with Gasteiger partial charge in [0.25, 0.3) is 6.33 Å². The van der Waals surface area contributed by atoms with Crippen molar-refractivity contribution in [3.05, 3.63) is 43.2 Å². The highest BCUT2D eigenvalue weighted by atomic mass is 15.3. The average molecular weight is 257 g/mol. The molecule has 0 spiro atoms. The molecule has 2 aromatic heterocycles. The number of aryl methyl sites for hydroxylation is 4. The minimum absolute atomic E-state index is 0.990. The van der Waals surface area contributed by atoms with E-state index in [0.717, 1.165) is 19.5 Å². The molecule has 98 valence electrons. The van der Waals surface area contributed by atoms with E-state index in [0.29, 0.717) is 0 Å². The molecule has 0 radical (unpaired) electrons. The van der Waals surface area contributed by atoms with Crippen LogP contribution < -0.4 is 9.13 Å². The first-order valence-corrected chi connectivity index (χ1v) is 6.55. The third kappa shape index (κ3) is 2.36. The summed E-state index contributed by atoms with van der Waals surface area (Å²) >= 11 is 0. The van der Waals surface area contributed by atoms with Crippen LogP contribution in [-0.2, 0) is 27.2 Å². The number of fused-ring (bicyclic) bond motifs is 1. The van der Waals surface area contributed by atoms with Crippen molar-refractivity contribution in [3.63, 3.8) is 0 Å². The lowest BCUT2D eigenvalue weighted by molar-refractivity contribution is -0.698. The van der Waals surface area contributed by atoms with E-state index in [2.05, 4.69) is 56.4 Å². The van der Waals surface area contributed by atoms with Crippen LogP contribution in [0.15, 0.2) is 43.2 Å². The molecule has 5 heteroatoms. The molecule has 0 amide bonds. The maximum absolute atomic E-state index is 4.17. The fourth-order valence-corrected chi connectivity index (χ4v) is 2.48. The molecule has 2 heterocycles. The van der Waals surface area contributed by atoms with E-state index in [-0.39, 0.29) is 0 Å². The Morgan fingerprint density at radius 3 is 2.84 bits per heavy atom. The van der Waals surface area contributed by atoms with E-state index in [1.54, 1.807) is 0 Å². The summed E-state index contributed by atoms with van der Waals surface area (Å²) in [4.78, 5) is 0. The van der Waals surface area contributed by atoms with E-state index < -0.39 is 0 Å². The van der Waals surface area contributed by atoms with Crippen molar-refractivity contribution in [2.24, 2.45) is 14.1 Å². The maximum atomic E-state index is 4.17. The Bertz CT molecular complexity index is 695. The van der Waals surface area contributed by atoms with Crippen LogP contribution >= 0.6 is 0 Å². The van der Waals surface area contributed by atoms with Crippen molar-refractivity contribution in [2.75, 3.05) is 0 Å². The van der Waals surface area contributed by atoms with Gasteiger partial charge in [-0.05, 0) is 12.1 Å². The fourth-order valence-electron chi connectivity index (χ4n) is 2.48. The first-order chi connectivity index (χ1) is 9.24. The maximum Gasteiger partial charge on any atom is 0.265 e. The molecule has 0 aliphatic rings. The predicted molar refractivity (Wildman–Crippen MR) is 71.1 cm³/mol. The summed E-state index contributed by atoms with van der Waals surface area (Å²) in [5, 5.41) is 4.17. The minimum atomic E-state index is 0.990. The summed E-state index contributed by atoms with van der Waals surface area (Å²) in [7, 11) is 4.03. The normalized spacial score (nSPS) is 11.3. The second-order valence-corrected chi connectivity index (χ2v) is 4.92. The van der Waals surface area contributed by atoms with Gasteiger partial charge in [0.15, 0.2) is 11.0 Å². The van der Waals surface area contributed by atoms with Gasteiger partial charge in [-0.3, -0.25) is 0 Å². The molecular formula is C14H19N5+2. The average Bonchev–Trinajstić information content (AvgIpc) is 2.96. The summed E-state index contributed by atoms with van der Waals surface area (Å²) in [5.74, 6) is 0. The number of aromatic nitrogens is 5. The number of hydrogen-bond donors (Lipinski definition) is 0. The molecule has 0 atom stereocenters. The Morgan fingerprint density at radius 2 is 2.05 bits per heavy atom. The molecule has 0 saturated carbocycles. The Hall–Kier alpha value is -2.17. The first kappa shape index (κ1) is 11.9. The van der Waals surface area contributed by atoms with Crippen LogP contribution in [0.25, 0.3) is 11.0 Å². The Kier molecular flexibility index (Phi) is 3.03. The monoisotopic (exact) mass is 257 g/mol. The smallest absolute Gasteiger partial charge is 0.237 e. The summed E-state index contributed by atoms with van der Waals surface area (Å²) in [6.07, 6.45) is 7.13. The molecule has 3 aromatic rings. The quantitative estimate of drug-likeness (QED) is 0.629. The van der Waals surface area contributed by atoms with Gasteiger partial charge >= 0.3 is 0 Å². The van der Waals surface area contributed by atoms with E-state index in [4.69, 9.17) is 0 Å². The first-order valence-electron chi connectivity index (χ1n) is 6.55. The van der Waals surface area contributed by atoms with Crippen LogP contribution in [0.2, 0.25) is 0 Å². The van der Waals surface area contributed by atoms with Gasteiger partial charge in [0.05, 0.1) is 27.2 Å². The molecule has 0 bridgehead atoms. The highest BCUT2D eigenvalue weighted by Crippen LogP contribution is 2.10. The van der Waals surface area contributed by atoms with Gasteiger partial charge in [0, 0.05) is 11.5 Å². The van der Waals surface area contributed by atoms with Crippen LogP contribution in [0.4, 0.5) is 0 Å². The topological polar surface area (TPSA) is 30.5 Å². The van der Waals surface area contributed by atoms with Gasteiger partial charge < -0.3 is 0 Å². The summed E-state index contributed by atoms with van der Waals surface area (Å²) in [6.45, 7) is 2.01. The molecule has 0 aliphatic heterocycles. The molecule has 5 nitrogen and oxygen atoms in total. The van der Waals surface area contributed by atoms with Crippen molar-refractivity contribution < 1.29 is 9.13 Å². The molecule has 3 rings (SSSR count). The zero-order chi connectivity index (χ0) is 13.2. The number of imidazole rings is 1. The van der Waals surface area contributed by atoms with Crippen molar-refractivity contribution in [1.82, 2.24) is 14.3 Å². The molecule has 19 heavy (non-hydrogen) atoms. The van der Waals surface area contributed by atoms with Gasteiger partial charge in [0.2, 0.25) is 12.7 Å². The Morgan fingerprint density at radius 1 is 1.21 bits per heavy atom. The number of benzene rings is 1. The standard InChI is InChI=1S/C14H19N5/c1-16-11-19(14-7-4-3-6-13(14)16)9-5-8-18-10-15-17(2)12-18/h3-4,6-7,10-12H,5,8-9H2,1-2H3/q+2. The molecule has 0 aliphatic carbocycles. The van der Waals surface area contributed by atoms with E-state index in [1.807, 2.05) is 24.4 Å². The van der Waals surface area contributed by atoms with Crippen LogP contribution in [0.1, 0.15) is 6.42 Å². The van der Waals surface area contributed by atoms with Crippen LogP contribution in [0.3, 0.4) is 0 Å². The highest BCUT2D eigenvalue weighted by molar-refractivity contribution is 5.71. The SMILES string of the molecule is Cn1c[n+](CCCn2c[n+](C)c3ccccc32)cn1. The van der Waals surface area contributed by atoms with Gasteiger partial charge in [0.1, 0.15) is 0 Å². The lowest BCUT2D eigenvalue weighted by Gasteiger charge is -1.97. The van der Waals surface area contributed by atoms with Crippen molar-refractivity contribution in [2.45, 2.75) is 19.5 Å². The third-order valence-corrected chi connectivity index (χ3v) is 3.40. The minimum Gasteiger partial charge on any atom is -0.237 e. The number of nitrogens with zero attached hydrogens (tertiary/aromatic N) is 5. The van der Waals surface area contributed by atoms with Crippen molar-refractivity contribution in [3.8, 4) is 0 Å². The summed E-state index contributed by atoms with van der Waals surface area (Å²) in [5.41, 5.74) is 2.57. The molecule has 0 unspecified atom stereocenters. The fraction of sp³-hybridized carbons (Fsp3) is 0.357. The number of rotatable bonds is 4. The zero-order valence-electron chi connectivity index (χ0n) is 11.4. The summed E-state index contributed by atoms with van der Waals surface area (Å²) in [6, 6.07) is 8.50. The molecule has 0 N–H and O–H groups in total. The van der Waals surface area contributed by atoms with E-state index in [1.165, 1.54) is 11.0 Å². The second kappa shape index (κ2) is 4.84. The molecule has 0 fully saturated rings. The van der Waals surface area contributed by atoms with Gasteiger partial charge in [-0.15, -0.1) is 4.68 Å². The predicted octanol–water partition coefficient (Wildman–Crippen LogP) is 0.577. The Balaban J connectivity index is 1.72. The largest absolute Gasteiger partial charge is 0.265 e. The highest BCUT2D eigenvalue weighted by Gasteiger charge is 2.12. The molecule has 1 aromatic carbocycles. The number of para-hydroxylation sites is 2. The van der Waals surface area contributed by atoms with Crippen LogP contribution in [0, 0.1) is 0 Å². The second-order valence-electron chi connectivity index (χ2n) is 4.92. The van der Waals surface area contributed by atoms with Crippen molar-refractivity contribution >= 4 is 11.0 Å². The number of hydrogen-bond acceptors (Lipinski definition) is 1. The van der Waals surface area contributed by atoms with Crippen LogP contribution in [0.5, 0.6) is 0 Å². The third-order valence-electron chi connectivity index (χ3n) is 3.40. The van der Waals surface area contributed by atoms with Crippen molar-refractivity contribution in [1.29, 1.82) is 0 Å². The van der Waals surface area contributed by atoms with Gasteiger partial charge in [-0.25, -0.2) is 13.7 Å². The molecule has 0 saturated heterocycles. The van der Waals surface area contributed by atoms with E-state index in [9.17, 15) is 0 Å². The summed E-state index contributed by atoms with van der Waals surface area (Å²) < 4.78 is 8.43. The lowest BCUT2D eigenvalue weighted by atomic mass is 10.3. The van der Waals surface area contributed by atoms with Gasteiger partial charge in [-0.1, -0.05) is 12.1 Å². The van der Waals surface area contributed by atoms with Crippen LogP contribution in [-0.4, -0.2) is 14.3 Å². The Labute approximate surface area is 112 Å². The zero-order valence-corrected chi connectivity index (χ0v) is 11.4. The van der Waals surface area contributed by atoms with E-state index >= 15 is 0 Å².